The molecular weight excluding hydrogens is 731 g/mol. The topological polar surface area (TPSA) is 250 Å². The maximum Gasteiger partial charge on any atom is 0.263 e. The van der Waals surface area contributed by atoms with E-state index in [4.69, 9.17) is 40.9 Å². The molecule has 6 heterocycles. The molecule has 2 aliphatic carbocycles. The van der Waals surface area contributed by atoms with E-state index < -0.39 is 0 Å². The van der Waals surface area contributed by atoms with Crippen LogP contribution in [-0.4, -0.2) is 84.1 Å². The zero-order valence-corrected chi connectivity index (χ0v) is 31.5. The summed E-state index contributed by atoms with van der Waals surface area (Å²) in [5, 5.41) is 20.5. The lowest BCUT2D eigenvalue weighted by atomic mass is 9.89. The Hall–Kier alpha value is -6.34. The van der Waals surface area contributed by atoms with Gasteiger partial charge in [0.05, 0.1) is 17.4 Å². The fourth-order valence-electron chi connectivity index (χ4n) is 8.04. The van der Waals surface area contributed by atoms with Gasteiger partial charge in [-0.25, -0.2) is 0 Å². The van der Waals surface area contributed by atoms with Crippen LogP contribution in [0.5, 0.6) is 11.8 Å². The number of rotatable bonds is 10. The molecule has 9 N–H and O–H groups in total. The molecule has 0 spiro atoms. The Bertz CT molecular complexity index is 2340. The number of hydrogen-bond acceptors (Lipinski definition) is 16. The van der Waals surface area contributed by atoms with E-state index in [0.717, 1.165) is 67.8 Å². The Morgan fingerprint density at radius 1 is 0.825 bits per heavy atom. The molecule has 9 rings (SSSR count). The maximum absolute atomic E-state index is 13.1. The molecule has 4 atom stereocenters. The number of benzene rings is 1. The number of pyridine rings is 1. The second kappa shape index (κ2) is 15.3. The SMILES string of the molecule is Cn1cc(Nc2nc(N(Cc3cnc4ccc(Nc5nc(NC6CCCCC6N)nc6c5C(=O)NCO6)cc4c3)C3CCCCC3N)nc3c2C(=O)NCO3)cn1. The van der Waals surface area contributed by atoms with Gasteiger partial charge in [0.25, 0.3) is 11.8 Å². The minimum Gasteiger partial charge on any atom is -0.456 e. The third-order valence-electron chi connectivity index (χ3n) is 11.0. The summed E-state index contributed by atoms with van der Waals surface area (Å²) < 4.78 is 13.3. The second-order valence-electron chi connectivity index (χ2n) is 15.0. The van der Waals surface area contributed by atoms with Gasteiger partial charge in [0, 0.05) is 61.2 Å². The van der Waals surface area contributed by atoms with Crippen LogP contribution >= 0.6 is 0 Å². The summed E-state index contributed by atoms with van der Waals surface area (Å²) in [7, 11) is 1.81. The monoisotopic (exact) mass is 775 g/mol. The highest BCUT2D eigenvalue weighted by molar-refractivity contribution is 6.03. The van der Waals surface area contributed by atoms with Crippen molar-refractivity contribution in [3.05, 3.63) is 59.5 Å². The molecule has 2 amide bonds. The van der Waals surface area contributed by atoms with Crippen LogP contribution in [0, 0.1) is 0 Å². The lowest BCUT2D eigenvalue weighted by Gasteiger charge is -2.39. The molecule has 4 aliphatic rings. The van der Waals surface area contributed by atoms with Gasteiger partial charge in [-0.2, -0.15) is 25.0 Å². The van der Waals surface area contributed by atoms with Gasteiger partial charge in [0.15, 0.2) is 25.1 Å². The molecule has 57 heavy (non-hydrogen) atoms. The quantitative estimate of drug-likeness (QED) is 0.108. The first kappa shape index (κ1) is 36.3. The van der Waals surface area contributed by atoms with Crippen molar-refractivity contribution in [2.45, 2.75) is 82.1 Å². The zero-order chi connectivity index (χ0) is 39.0. The average molecular weight is 776 g/mol. The number of nitrogens with one attached hydrogen (secondary N) is 5. The highest BCUT2D eigenvalue weighted by Crippen LogP contribution is 2.35. The minimum atomic E-state index is -0.338. The number of hydrogen-bond donors (Lipinski definition) is 7. The van der Waals surface area contributed by atoms with Gasteiger partial charge in [-0.1, -0.05) is 25.7 Å². The lowest BCUT2D eigenvalue weighted by Crippen LogP contribution is -2.50. The van der Waals surface area contributed by atoms with Crippen molar-refractivity contribution in [2.24, 2.45) is 18.5 Å². The van der Waals surface area contributed by atoms with Crippen LogP contribution in [0.1, 0.15) is 77.6 Å². The molecule has 19 heteroatoms. The summed E-state index contributed by atoms with van der Waals surface area (Å²) in [5.74, 6) is 1.03. The standard InChI is InChI=1S/C38H45N15O4/c1-52-17-23(15-44-52)46-32-30-34(55)43-19-57-36(30)51-38(49-32)53(28-9-5-3-7-25(28)40)16-20-12-21-13-22(10-11-26(21)41-14-20)45-31-29-33(54)42-18-56-35(29)50-37(48-31)47-27-8-4-2-6-24(27)39/h10-15,17,24-25,27-28H,2-9,16,18-19,39-40H2,1H3,(H,42,54)(H,43,55)(H,46,49,51)(H2,45,47,48,50). The van der Waals surface area contributed by atoms with Crippen LogP contribution in [0.2, 0.25) is 0 Å². The van der Waals surface area contributed by atoms with E-state index in [1.54, 1.807) is 17.1 Å². The first-order valence-corrected chi connectivity index (χ1v) is 19.4. The second-order valence-corrected chi connectivity index (χ2v) is 15.0. The van der Waals surface area contributed by atoms with E-state index in [1.165, 1.54) is 0 Å². The van der Waals surface area contributed by atoms with E-state index in [1.807, 2.05) is 31.4 Å². The fourth-order valence-corrected chi connectivity index (χ4v) is 8.04. The molecule has 0 radical (unpaired) electrons. The Morgan fingerprint density at radius 2 is 1.53 bits per heavy atom. The Balaban J connectivity index is 1.05. The van der Waals surface area contributed by atoms with Gasteiger partial charge in [0.2, 0.25) is 23.7 Å². The number of aryl methyl sites for hydroxylation is 1. The number of anilines is 6. The molecule has 0 saturated heterocycles. The molecule has 296 valence electrons. The van der Waals surface area contributed by atoms with Crippen molar-refractivity contribution in [1.82, 2.24) is 45.3 Å². The van der Waals surface area contributed by atoms with E-state index in [-0.39, 0.29) is 72.3 Å². The molecule has 2 saturated carbocycles. The fraction of sp³-hybridized carbons (Fsp3) is 0.421. The summed E-state index contributed by atoms with van der Waals surface area (Å²) in [6.07, 6.45) is 13.0. The first-order chi connectivity index (χ1) is 27.8. The number of nitrogens with two attached hydrogens (primary N) is 2. The van der Waals surface area contributed by atoms with Gasteiger partial charge in [-0.3, -0.25) is 19.3 Å². The number of nitrogens with zero attached hydrogens (tertiary/aromatic N) is 8. The average Bonchev–Trinajstić information content (AvgIpc) is 3.61. The third kappa shape index (κ3) is 7.50. The molecule has 2 aliphatic heterocycles. The third-order valence-corrected chi connectivity index (χ3v) is 11.0. The van der Waals surface area contributed by atoms with Crippen molar-refractivity contribution in [3.63, 3.8) is 0 Å². The molecular formula is C38H45N15O4. The van der Waals surface area contributed by atoms with Crippen LogP contribution in [0.15, 0.2) is 42.9 Å². The Kier molecular flexibility index (Phi) is 9.75. The molecule has 1 aromatic carbocycles. The first-order valence-electron chi connectivity index (χ1n) is 19.4. The van der Waals surface area contributed by atoms with Gasteiger partial charge < -0.3 is 52.4 Å². The zero-order valence-electron chi connectivity index (χ0n) is 31.5. The van der Waals surface area contributed by atoms with E-state index in [2.05, 4.69) is 47.6 Å². The summed E-state index contributed by atoms with van der Waals surface area (Å²) in [5.41, 5.74) is 16.7. The van der Waals surface area contributed by atoms with Crippen molar-refractivity contribution < 1.29 is 19.1 Å². The van der Waals surface area contributed by atoms with Crippen LogP contribution in [-0.2, 0) is 13.6 Å². The van der Waals surface area contributed by atoms with Gasteiger partial charge >= 0.3 is 0 Å². The number of carbonyl (C=O) groups is 2. The molecule has 5 aromatic rings. The van der Waals surface area contributed by atoms with E-state index in [0.29, 0.717) is 41.5 Å². The predicted molar refractivity (Wildman–Crippen MR) is 212 cm³/mol. The van der Waals surface area contributed by atoms with Crippen LogP contribution in [0.25, 0.3) is 10.9 Å². The van der Waals surface area contributed by atoms with E-state index in [9.17, 15) is 9.59 Å². The molecule has 2 fully saturated rings. The number of carbonyl (C=O) groups excluding carboxylic acids is 2. The number of amides is 2. The lowest BCUT2D eigenvalue weighted by molar-refractivity contribution is 0.0869. The van der Waals surface area contributed by atoms with Gasteiger partial charge in [-0.15, -0.1) is 0 Å². The molecule has 0 bridgehead atoms. The van der Waals surface area contributed by atoms with Gasteiger partial charge in [-0.05, 0) is 55.5 Å². The summed E-state index contributed by atoms with van der Waals surface area (Å²) in [6, 6.07) is 7.59. The van der Waals surface area contributed by atoms with Crippen molar-refractivity contribution in [3.8, 4) is 11.8 Å². The van der Waals surface area contributed by atoms with Crippen LogP contribution in [0.3, 0.4) is 0 Å². The van der Waals surface area contributed by atoms with Crippen LogP contribution < -0.4 is 52.4 Å². The number of fused-ring (bicyclic) bond motifs is 3. The number of ether oxygens (including phenoxy) is 2. The Morgan fingerprint density at radius 3 is 2.26 bits per heavy atom. The molecule has 19 nitrogen and oxygen atoms in total. The highest BCUT2D eigenvalue weighted by Gasteiger charge is 2.34. The molecule has 4 aromatic heterocycles. The Labute approximate surface area is 327 Å². The van der Waals surface area contributed by atoms with Crippen molar-refractivity contribution >= 4 is 57.6 Å². The van der Waals surface area contributed by atoms with E-state index >= 15 is 0 Å². The molecule has 4 unspecified atom stereocenters. The minimum absolute atomic E-state index is 0.00938. The predicted octanol–water partition coefficient (Wildman–Crippen LogP) is 3.15. The summed E-state index contributed by atoms with van der Waals surface area (Å²) in [4.78, 5) is 52.1. The largest absolute Gasteiger partial charge is 0.456 e. The smallest absolute Gasteiger partial charge is 0.263 e. The summed E-state index contributed by atoms with van der Waals surface area (Å²) >= 11 is 0. The summed E-state index contributed by atoms with van der Waals surface area (Å²) in [6.45, 7) is 0.384. The van der Waals surface area contributed by atoms with Crippen LogP contribution in [0.4, 0.5) is 34.9 Å². The van der Waals surface area contributed by atoms with Crippen molar-refractivity contribution in [2.75, 3.05) is 34.3 Å². The normalized spacial score (nSPS) is 21.6. The maximum atomic E-state index is 13.1. The number of aromatic nitrogens is 7. The van der Waals surface area contributed by atoms with Crippen molar-refractivity contribution in [1.29, 1.82) is 0 Å². The van der Waals surface area contributed by atoms with Gasteiger partial charge in [0.1, 0.15) is 11.1 Å². The highest BCUT2D eigenvalue weighted by atomic mass is 16.5.